The smallest absolute Gasteiger partial charge is 0.227 e. The van der Waals surface area contributed by atoms with Crippen LogP contribution in [0.25, 0.3) is 11.3 Å². The van der Waals surface area contributed by atoms with Crippen LogP contribution in [0.5, 0.6) is 11.5 Å². The molecule has 1 aliphatic rings. The van der Waals surface area contributed by atoms with Crippen molar-refractivity contribution in [3.8, 4) is 11.5 Å². The van der Waals surface area contributed by atoms with E-state index in [9.17, 15) is 4.39 Å². The molecule has 9 heteroatoms. The maximum absolute atomic E-state index is 13.5. The highest BCUT2D eigenvalue weighted by Crippen LogP contribution is 2.38. The van der Waals surface area contributed by atoms with Crippen LogP contribution in [-0.2, 0) is 0 Å². The third-order valence-corrected chi connectivity index (χ3v) is 5.72. The van der Waals surface area contributed by atoms with Crippen LogP contribution in [0.15, 0.2) is 78.0 Å². The van der Waals surface area contributed by atoms with Gasteiger partial charge in [-0.15, -0.1) is 0 Å². The fraction of sp³-hybridized carbons (Fsp3) is 0.111. The van der Waals surface area contributed by atoms with Gasteiger partial charge in [0.1, 0.15) is 11.6 Å². The molecule has 3 N–H and O–H groups in total. The summed E-state index contributed by atoms with van der Waals surface area (Å²) in [6, 6.07) is 17.4. The normalized spacial score (nSPS) is 12.9. The minimum Gasteiger partial charge on any atom is -0.497 e. The molecule has 180 valence electrons. The van der Waals surface area contributed by atoms with E-state index in [1.807, 2.05) is 30.3 Å². The van der Waals surface area contributed by atoms with E-state index in [-0.39, 0.29) is 11.6 Å². The molecule has 0 bridgehead atoms. The number of aliphatic imine (C=N–C) groups is 1. The van der Waals surface area contributed by atoms with Crippen LogP contribution in [0.2, 0.25) is 0 Å². The Morgan fingerprint density at radius 1 is 0.944 bits per heavy atom. The molecule has 36 heavy (non-hydrogen) atoms. The topological polar surface area (TPSA) is 108 Å². The van der Waals surface area contributed by atoms with Crippen molar-refractivity contribution < 1.29 is 13.9 Å². The Labute approximate surface area is 207 Å². The van der Waals surface area contributed by atoms with Gasteiger partial charge < -0.3 is 20.5 Å². The zero-order valence-corrected chi connectivity index (χ0v) is 19.7. The molecule has 5 rings (SSSR count). The Balaban J connectivity index is 1.55. The van der Waals surface area contributed by atoms with Gasteiger partial charge >= 0.3 is 0 Å². The zero-order chi connectivity index (χ0) is 25.1. The van der Waals surface area contributed by atoms with Crippen LogP contribution in [0.4, 0.5) is 21.8 Å². The molecule has 4 aromatic rings. The van der Waals surface area contributed by atoms with Crippen LogP contribution < -0.4 is 20.5 Å². The summed E-state index contributed by atoms with van der Waals surface area (Å²) in [4.78, 5) is 18.3. The molecule has 3 heterocycles. The van der Waals surface area contributed by atoms with Gasteiger partial charge in [0.15, 0.2) is 11.6 Å². The van der Waals surface area contributed by atoms with Gasteiger partial charge in [-0.05, 0) is 42.0 Å². The molecule has 2 aromatic heterocycles. The van der Waals surface area contributed by atoms with Crippen molar-refractivity contribution in [2.24, 2.45) is 4.99 Å². The number of nitrogen functional groups attached to an aromatic ring is 1. The fourth-order valence-corrected chi connectivity index (χ4v) is 3.92. The van der Waals surface area contributed by atoms with Gasteiger partial charge in [0, 0.05) is 41.7 Å². The van der Waals surface area contributed by atoms with E-state index in [1.54, 1.807) is 37.7 Å². The van der Waals surface area contributed by atoms with Crippen LogP contribution in [-0.4, -0.2) is 34.9 Å². The van der Waals surface area contributed by atoms with E-state index in [2.05, 4.69) is 15.3 Å². The Morgan fingerprint density at radius 2 is 1.78 bits per heavy atom. The third-order valence-electron chi connectivity index (χ3n) is 5.72. The van der Waals surface area contributed by atoms with Crippen LogP contribution in [0.3, 0.4) is 0 Å². The highest BCUT2D eigenvalue weighted by Gasteiger charge is 2.24. The van der Waals surface area contributed by atoms with Crippen molar-refractivity contribution in [1.29, 1.82) is 0 Å². The molecule has 0 saturated carbocycles. The first-order valence-corrected chi connectivity index (χ1v) is 11.1. The highest BCUT2D eigenvalue weighted by molar-refractivity contribution is 6.16. The largest absolute Gasteiger partial charge is 0.497 e. The highest BCUT2D eigenvalue weighted by atomic mass is 19.1. The lowest BCUT2D eigenvalue weighted by Crippen LogP contribution is -2.02. The van der Waals surface area contributed by atoms with Gasteiger partial charge in [-0.2, -0.15) is 0 Å². The molecular weight excluding hydrogens is 459 g/mol. The first-order valence-electron chi connectivity index (χ1n) is 11.1. The van der Waals surface area contributed by atoms with Crippen LogP contribution in [0, 0.1) is 5.82 Å². The maximum atomic E-state index is 13.5. The number of nitrogens with one attached hydrogen (secondary N) is 1. The zero-order valence-electron chi connectivity index (χ0n) is 19.7. The molecule has 0 fully saturated rings. The Morgan fingerprint density at radius 3 is 2.56 bits per heavy atom. The predicted molar refractivity (Wildman–Crippen MR) is 138 cm³/mol. The molecular formula is C27H23FN6O2. The van der Waals surface area contributed by atoms with Crippen LogP contribution >= 0.6 is 0 Å². The molecule has 0 spiro atoms. The number of anilines is 3. The molecule has 0 saturated heterocycles. The number of allylic oxidation sites excluding steroid dienone is 1. The lowest BCUT2D eigenvalue weighted by atomic mass is 10.00. The molecule has 0 atom stereocenters. The van der Waals surface area contributed by atoms with Crippen molar-refractivity contribution in [2.75, 3.05) is 25.3 Å². The Kier molecular flexibility index (Phi) is 6.27. The molecule has 0 aliphatic carbocycles. The van der Waals surface area contributed by atoms with E-state index in [1.165, 1.54) is 19.2 Å². The number of hydrogen-bond donors (Lipinski definition) is 2. The number of nitrogens with two attached hydrogens (primary N) is 1. The quantitative estimate of drug-likeness (QED) is 0.377. The molecule has 0 unspecified atom stereocenters. The van der Waals surface area contributed by atoms with E-state index < -0.39 is 0 Å². The summed E-state index contributed by atoms with van der Waals surface area (Å²) in [5.41, 5.74) is 11.3. The maximum Gasteiger partial charge on any atom is 0.227 e. The summed E-state index contributed by atoms with van der Waals surface area (Å²) in [5, 5.41) is 3.22. The summed E-state index contributed by atoms with van der Waals surface area (Å²) in [6.07, 6.45) is 3.83. The number of aromatic nitrogens is 3. The second-order valence-corrected chi connectivity index (χ2v) is 8.00. The molecule has 8 nitrogen and oxygen atoms in total. The SMILES string of the molecule is COc1cccc(Nc2nccc(C3=C(c4cnc(N)c(OC)c4)N=C(c4ccc(F)cc4)C3)n2)c1. The first kappa shape index (κ1) is 23.0. The fourth-order valence-electron chi connectivity index (χ4n) is 3.92. The number of hydrogen-bond acceptors (Lipinski definition) is 8. The number of ether oxygens (including phenoxy) is 2. The van der Waals surface area contributed by atoms with Gasteiger partial charge in [0.05, 0.1) is 31.3 Å². The lowest BCUT2D eigenvalue weighted by Gasteiger charge is -2.10. The van der Waals surface area contributed by atoms with Gasteiger partial charge in [-0.25, -0.2) is 19.3 Å². The van der Waals surface area contributed by atoms with E-state index >= 15 is 0 Å². The van der Waals surface area contributed by atoms with E-state index in [0.29, 0.717) is 29.5 Å². The summed E-state index contributed by atoms with van der Waals surface area (Å²) >= 11 is 0. The van der Waals surface area contributed by atoms with Gasteiger partial charge in [0.25, 0.3) is 0 Å². The summed E-state index contributed by atoms with van der Waals surface area (Å²) in [5.74, 6) is 1.58. The van der Waals surface area contributed by atoms with Crippen molar-refractivity contribution in [3.05, 3.63) is 95.7 Å². The average Bonchev–Trinajstić information content (AvgIpc) is 3.35. The monoisotopic (exact) mass is 482 g/mol. The summed E-state index contributed by atoms with van der Waals surface area (Å²) in [6.45, 7) is 0. The van der Waals surface area contributed by atoms with Crippen molar-refractivity contribution in [1.82, 2.24) is 15.0 Å². The Bertz CT molecular complexity index is 1480. The predicted octanol–water partition coefficient (Wildman–Crippen LogP) is 5.12. The number of methoxy groups -OCH3 is 2. The Hall–Kier alpha value is -4.79. The number of rotatable bonds is 7. The molecule has 0 amide bonds. The second-order valence-electron chi connectivity index (χ2n) is 8.00. The minimum absolute atomic E-state index is 0.288. The summed E-state index contributed by atoms with van der Waals surface area (Å²) in [7, 11) is 3.15. The van der Waals surface area contributed by atoms with Crippen molar-refractivity contribution >= 4 is 34.4 Å². The summed E-state index contributed by atoms with van der Waals surface area (Å²) < 4.78 is 24.2. The lowest BCUT2D eigenvalue weighted by molar-refractivity contribution is 0.415. The average molecular weight is 483 g/mol. The van der Waals surface area contributed by atoms with Gasteiger partial charge in [-0.1, -0.05) is 18.2 Å². The van der Waals surface area contributed by atoms with Gasteiger partial charge in [-0.3, -0.25) is 4.99 Å². The number of benzene rings is 2. The standard InChI is InChI=1S/C27H23FN6O2/c1-35-20-5-3-4-19(13-20)32-27-30-11-10-22(34-27)21-14-23(16-6-8-18(28)9-7-16)33-25(21)17-12-24(36-2)26(29)31-15-17/h3-13,15H,14H2,1-2H3,(H2,29,31)(H,30,32,34). The second kappa shape index (κ2) is 9.83. The van der Waals surface area contributed by atoms with Crippen molar-refractivity contribution in [2.45, 2.75) is 6.42 Å². The number of nitrogens with zero attached hydrogens (tertiary/aromatic N) is 4. The molecule has 0 radical (unpaired) electrons. The van der Waals surface area contributed by atoms with Crippen molar-refractivity contribution in [3.63, 3.8) is 0 Å². The van der Waals surface area contributed by atoms with E-state index in [4.69, 9.17) is 25.2 Å². The number of halogens is 1. The minimum atomic E-state index is -0.303. The van der Waals surface area contributed by atoms with Gasteiger partial charge in [0.2, 0.25) is 5.95 Å². The molecule has 1 aliphatic heterocycles. The number of pyridine rings is 1. The molecule has 2 aromatic carbocycles. The van der Waals surface area contributed by atoms with Crippen LogP contribution in [0.1, 0.15) is 23.2 Å². The van der Waals surface area contributed by atoms with E-state index in [0.717, 1.165) is 33.8 Å². The third kappa shape index (κ3) is 4.72. The first-order chi connectivity index (χ1) is 17.5.